The number of aromatic amines is 1. The van der Waals surface area contributed by atoms with Gasteiger partial charge in [-0.25, -0.2) is 10.1 Å². The van der Waals surface area contributed by atoms with Crippen LogP contribution in [0.2, 0.25) is 0 Å². The van der Waals surface area contributed by atoms with Gasteiger partial charge in [-0.2, -0.15) is 5.10 Å². The average Bonchev–Trinajstić information content (AvgIpc) is 3.33. The molecule has 4 aliphatic heterocycles. The number of fused-ring (bicyclic) bond motifs is 3. The number of amides is 4. The maximum atomic E-state index is 13.8. The molecule has 1 unspecified atom stereocenters. The van der Waals surface area contributed by atoms with Gasteiger partial charge in [0, 0.05) is 81.5 Å². The van der Waals surface area contributed by atoms with E-state index in [-0.39, 0.29) is 40.9 Å². The lowest BCUT2D eigenvalue weighted by atomic mass is 9.89. The van der Waals surface area contributed by atoms with Gasteiger partial charge in [0.25, 0.3) is 17.4 Å². The number of nitrogens with zero attached hydrogens (tertiary/aromatic N) is 7. The first-order valence-corrected chi connectivity index (χ1v) is 23.0. The summed E-state index contributed by atoms with van der Waals surface area (Å²) in [5.74, 6) is -0.194. The molecule has 0 bridgehead atoms. The van der Waals surface area contributed by atoms with Gasteiger partial charge in [0.05, 0.1) is 29.4 Å². The fourth-order valence-electron chi connectivity index (χ4n) is 9.85. The maximum Gasteiger partial charge on any atom is 0.274 e. The summed E-state index contributed by atoms with van der Waals surface area (Å²) >= 11 is 5.84. The largest absolute Gasteiger partial charge is 0.338 e. The molecule has 4 amide bonds. The topological polar surface area (TPSA) is 155 Å². The van der Waals surface area contributed by atoms with E-state index >= 15 is 0 Å². The third-order valence-electron chi connectivity index (χ3n) is 13.5. The molecule has 3 fully saturated rings. The van der Waals surface area contributed by atoms with Crippen molar-refractivity contribution in [3.05, 3.63) is 123 Å². The molecule has 0 spiro atoms. The highest BCUT2D eigenvalue weighted by Gasteiger charge is 2.38. The predicted octanol–water partition coefficient (Wildman–Crippen LogP) is 4.69. The summed E-state index contributed by atoms with van der Waals surface area (Å²) < 4.78 is 0. The summed E-state index contributed by atoms with van der Waals surface area (Å²) in [4.78, 5) is 80.9. The van der Waals surface area contributed by atoms with Crippen LogP contribution in [0, 0.1) is 5.92 Å². The molecule has 2 aromatic heterocycles. The van der Waals surface area contributed by atoms with Crippen molar-refractivity contribution in [1.82, 2.24) is 39.7 Å². The predicted molar refractivity (Wildman–Crippen MR) is 247 cm³/mol. The highest BCUT2D eigenvalue weighted by atomic mass is 35.5. The number of pyridine rings is 1. The van der Waals surface area contributed by atoms with Crippen LogP contribution in [0.25, 0.3) is 21.9 Å². The second kappa shape index (κ2) is 19.0. The number of carbonyl (C=O) groups is 4. The van der Waals surface area contributed by atoms with Crippen LogP contribution in [0.4, 0.5) is 5.69 Å². The number of rotatable bonds is 11. The molecule has 332 valence electrons. The SMILES string of the molecule is CCc1cccc(-c2cnc(C(=O)N3CCN(CC4CCN(CC(=O)N5CCN6C(=O)c7cc(Cc8n[nH]c(=O)c9ccccc89)ccc7CC6C5)CC4)CC3)c(NC(=O)CCl)c2)c1. The monoisotopic (exact) mass is 883 g/mol. The minimum atomic E-state index is -0.395. The summed E-state index contributed by atoms with van der Waals surface area (Å²) in [5.41, 5.74) is 6.74. The van der Waals surface area contributed by atoms with E-state index in [1.807, 2.05) is 69.3 Å². The first kappa shape index (κ1) is 43.3. The molecule has 0 radical (unpaired) electrons. The van der Waals surface area contributed by atoms with Crippen molar-refractivity contribution in [3.63, 3.8) is 0 Å². The van der Waals surface area contributed by atoms with Crippen LogP contribution in [-0.2, 0) is 28.9 Å². The summed E-state index contributed by atoms with van der Waals surface area (Å²) in [6.07, 6.45) is 5.79. The lowest BCUT2D eigenvalue weighted by Gasteiger charge is -2.45. The van der Waals surface area contributed by atoms with Gasteiger partial charge in [0.15, 0.2) is 5.69 Å². The molecule has 9 rings (SSSR count). The first-order valence-electron chi connectivity index (χ1n) is 22.5. The lowest BCUT2D eigenvalue weighted by Crippen LogP contribution is -2.60. The van der Waals surface area contributed by atoms with Gasteiger partial charge >= 0.3 is 0 Å². The van der Waals surface area contributed by atoms with E-state index in [4.69, 9.17) is 11.6 Å². The van der Waals surface area contributed by atoms with Crippen molar-refractivity contribution >= 4 is 51.7 Å². The number of benzene rings is 3. The summed E-state index contributed by atoms with van der Waals surface area (Å²) in [5, 5.41) is 11.1. The molecule has 4 aliphatic rings. The molecule has 0 aliphatic carbocycles. The molecule has 2 N–H and O–H groups in total. The first-order chi connectivity index (χ1) is 31.1. The van der Waals surface area contributed by atoms with Crippen LogP contribution in [0.3, 0.4) is 0 Å². The average molecular weight is 884 g/mol. The van der Waals surface area contributed by atoms with Crippen LogP contribution in [0.15, 0.2) is 83.8 Å². The molecule has 0 saturated carbocycles. The molecule has 64 heavy (non-hydrogen) atoms. The van der Waals surface area contributed by atoms with Gasteiger partial charge in [-0.3, -0.25) is 33.8 Å². The zero-order valence-electron chi connectivity index (χ0n) is 36.2. The van der Waals surface area contributed by atoms with Crippen LogP contribution < -0.4 is 10.9 Å². The molecule has 3 aromatic carbocycles. The van der Waals surface area contributed by atoms with Gasteiger partial charge in [0.1, 0.15) is 5.88 Å². The number of aromatic nitrogens is 3. The van der Waals surface area contributed by atoms with Crippen molar-refractivity contribution in [1.29, 1.82) is 0 Å². The van der Waals surface area contributed by atoms with Crippen molar-refractivity contribution in [2.24, 2.45) is 5.92 Å². The van der Waals surface area contributed by atoms with Crippen molar-refractivity contribution in [3.8, 4) is 11.1 Å². The van der Waals surface area contributed by atoms with Crippen LogP contribution in [-0.4, -0.2) is 147 Å². The van der Waals surface area contributed by atoms with Crippen LogP contribution in [0.5, 0.6) is 0 Å². The number of halogens is 1. The molecule has 3 saturated heterocycles. The molecule has 6 heterocycles. The Bertz CT molecular complexity index is 2640. The van der Waals surface area contributed by atoms with E-state index in [0.29, 0.717) is 74.7 Å². The second-order valence-electron chi connectivity index (χ2n) is 17.6. The number of carbonyl (C=O) groups excluding carboxylic acids is 4. The number of nitrogens with one attached hydrogen (secondary N) is 2. The fourth-order valence-corrected chi connectivity index (χ4v) is 9.92. The number of H-pyrrole nitrogens is 1. The number of hydrogen-bond donors (Lipinski definition) is 2. The Morgan fingerprint density at radius 2 is 1.59 bits per heavy atom. The number of piperidine rings is 1. The second-order valence-corrected chi connectivity index (χ2v) is 17.8. The van der Waals surface area contributed by atoms with E-state index in [1.54, 1.807) is 12.3 Å². The Labute approximate surface area is 377 Å². The highest BCUT2D eigenvalue weighted by Crippen LogP contribution is 2.30. The fraction of sp³-hybridized carbons (Fsp3) is 0.408. The number of aryl methyl sites for hydroxylation is 1. The normalized spacial score (nSPS) is 18.5. The van der Waals surface area contributed by atoms with E-state index in [1.165, 1.54) is 5.56 Å². The highest BCUT2D eigenvalue weighted by molar-refractivity contribution is 6.29. The number of alkyl halides is 1. The third-order valence-corrected chi connectivity index (χ3v) is 13.7. The Morgan fingerprint density at radius 1 is 0.812 bits per heavy atom. The summed E-state index contributed by atoms with van der Waals surface area (Å²) in [6, 6.07) is 23.4. The Morgan fingerprint density at radius 3 is 2.38 bits per heavy atom. The van der Waals surface area contributed by atoms with Crippen LogP contribution >= 0.6 is 11.6 Å². The van der Waals surface area contributed by atoms with Gasteiger partial charge in [-0.15, -0.1) is 11.6 Å². The smallest absolute Gasteiger partial charge is 0.274 e. The minimum absolute atomic E-state index is 0.00742. The molecular weight excluding hydrogens is 830 g/mol. The van der Waals surface area contributed by atoms with Gasteiger partial charge in [0.2, 0.25) is 11.8 Å². The number of likely N-dealkylation sites (tertiary alicyclic amines) is 1. The van der Waals surface area contributed by atoms with Gasteiger partial charge < -0.3 is 20.0 Å². The molecule has 1 atom stereocenters. The zero-order valence-corrected chi connectivity index (χ0v) is 37.0. The van der Waals surface area contributed by atoms with Gasteiger partial charge in [-0.05, 0) is 85.1 Å². The van der Waals surface area contributed by atoms with E-state index in [9.17, 15) is 24.0 Å². The Hall–Kier alpha value is -5.96. The zero-order chi connectivity index (χ0) is 44.3. The lowest BCUT2D eigenvalue weighted by molar-refractivity contribution is -0.135. The van der Waals surface area contributed by atoms with Gasteiger partial charge in [-0.1, -0.05) is 61.5 Å². The van der Waals surface area contributed by atoms with E-state index in [2.05, 4.69) is 49.4 Å². The molecule has 14 nitrogen and oxygen atoms in total. The van der Waals surface area contributed by atoms with Crippen LogP contribution in [0.1, 0.15) is 63.0 Å². The summed E-state index contributed by atoms with van der Waals surface area (Å²) in [7, 11) is 0. The Kier molecular flexibility index (Phi) is 12.9. The van der Waals surface area contributed by atoms with Crippen molar-refractivity contribution < 1.29 is 19.2 Å². The van der Waals surface area contributed by atoms with E-state index in [0.717, 1.165) is 85.3 Å². The quantitative estimate of drug-likeness (QED) is 0.180. The molecule has 15 heteroatoms. The number of piperazine rings is 2. The Balaban J connectivity index is 0.734. The van der Waals surface area contributed by atoms with Crippen molar-refractivity contribution in [2.75, 3.05) is 83.2 Å². The molecular formula is C49H54ClN9O5. The third kappa shape index (κ3) is 9.31. The van der Waals surface area contributed by atoms with E-state index < -0.39 is 5.91 Å². The number of anilines is 1. The minimum Gasteiger partial charge on any atom is -0.338 e. The molecule has 5 aromatic rings. The standard InChI is InChI=1S/C49H54ClN9O5/c1-2-32-6-5-7-35(22-32)37-26-43(52-44(60)27-50)46(51-28-37)49(64)57-18-16-56(17-19-57)29-33-12-14-55(15-13-33)31-45(61)58-20-21-59-38(30-58)25-36-11-10-34(23-41(36)48(59)63)24-42-39-8-3-4-9-40(39)47(62)54-53-42/h3-11,22-23,26,28,33,38H,2,12-21,24-25,27,29-31H2,1H3,(H,52,60)(H,54,62). The summed E-state index contributed by atoms with van der Waals surface area (Å²) in [6.45, 7) is 9.35. The van der Waals surface area contributed by atoms with Crippen molar-refractivity contribution in [2.45, 2.75) is 45.1 Å². The maximum absolute atomic E-state index is 13.8. The number of hydrogen-bond acceptors (Lipinski definition) is 9.